The summed E-state index contributed by atoms with van der Waals surface area (Å²) in [6.07, 6.45) is 0.111. The van der Waals surface area contributed by atoms with Gasteiger partial charge in [0.1, 0.15) is 17.4 Å². The number of ether oxygens (including phenoxy) is 1. The van der Waals surface area contributed by atoms with Gasteiger partial charge in [-0.3, -0.25) is 0 Å². The summed E-state index contributed by atoms with van der Waals surface area (Å²) in [5.74, 6) is 1.59. The molecule has 1 N–H and O–H groups in total. The number of nitrogens with zero attached hydrogens (tertiary/aromatic N) is 2. The molecule has 28 heavy (non-hydrogen) atoms. The number of para-hydroxylation sites is 2. The van der Waals surface area contributed by atoms with Crippen LogP contribution in [0.3, 0.4) is 0 Å². The van der Waals surface area contributed by atoms with Crippen LogP contribution in [-0.4, -0.2) is 16.1 Å². The second kappa shape index (κ2) is 7.64. The van der Waals surface area contributed by atoms with Crippen LogP contribution in [0.5, 0.6) is 5.75 Å². The van der Waals surface area contributed by atoms with Crippen LogP contribution in [-0.2, 0) is 0 Å². The highest BCUT2D eigenvalue weighted by molar-refractivity contribution is 5.92. The predicted octanol–water partition coefficient (Wildman–Crippen LogP) is 5.97. The molecule has 0 radical (unpaired) electrons. The number of hydrogen-bond donors (Lipinski definition) is 1. The lowest BCUT2D eigenvalue weighted by atomic mass is 10.1. The molecule has 0 aliphatic heterocycles. The molecular formula is C23H20FN3O. The fraction of sp³-hybridized carbons (Fsp3) is 0.130. The molecule has 0 bridgehead atoms. The molecule has 0 saturated carbocycles. The summed E-state index contributed by atoms with van der Waals surface area (Å²) in [5, 5.41) is 3.94. The standard InChI is InChI=1S/C23H20FN3O/c1-15(2)28-17-13-11-16(12-14-17)22-25-20-9-5-3-7-18(20)23(27-22)26-21-10-6-4-8-19(21)24/h3-15H,1-2H3,(H,25,26,27). The third-order valence-corrected chi connectivity index (χ3v) is 4.21. The minimum atomic E-state index is -0.332. The van der Waals surface area contributed by atoms with Crippen molar-refractivity contribution < 1.29 is 9.13 Å². The van der Waals surface area contributed by atoms with E-state index in [4.69, 9.17) is 4.74 Å². The number of rotatable bonds is 5. The fourth-order valence-electron chi connectivity index (χ4n) is 2.95. The third-order valence-electron chi connectivity index (χ3n) is 4.21. The molecular weight excluding hydrogens is 353 g/mol. The minimum absolute atomic E-state index is 0.111. The van der Waals surface area contributed by atoms with Gasteiger partial charge in [0.05, 0.1) is 17.3 Å². The van der Waals surface area contributed by atoms with Crippen LogP contribution in [0.2, 0.25) is 0 Å². The summed E-state index contributed by atoms with van der Waals surface area (Å²) in [7, 11) is 0. The molecule has 140 valence electrons. The van der Waals surface area contributed by atoms with Crippen LogP contribution < -0.4 is 10.1 Å². The molecule has 1 heterocycles. The lowest BCUT2D eigenvalue weighted by Crippen LogP contribution is -2.05. The van der Waals surface area contributed by atoms with E-state index >= 15 is 0 Å². The first-order valence-electron chi connectivity index (χ1n) is 9.15. The van der Waals surface area contributed by atoms with Crippen molar-refractivity contribution in [1.82, 2.24) is 9.97 Å². The maximum absolute atomic E-state index is 14.1. The number of aromatic nitrogens is 2. The van der Waals surface area contributed by atoms with Crippen molar-refractivity contribution in [2.75, 3.05) is 5.32 Å². The first kappa shape index (κ1) is 17.9. The van der Waals surface area contributed by atoms with Gasteiger partial charge >= 0.3 is 0 Å². The molecule has 3 aromatic carbocycles. The van der Waals surface area contributed by atoms with Crippen molar-refractivity contribution in [3.05, 3.63) is 78.6 Å². The Morgan fingerprint density at radius 2 is 1.57 bits per heavy atom. The predicted molar refractivity (Wildman–Crippen MR) is 110 cm³/mol. The molecule has 4 nitrogen and oxygen atoms in total. The molecule has 5 heteroatoms. The Hall–Kier alpha value is -3.47. The maximum Gasteiger partial charge on any atom is 0.162 e. The molecule has 0 fully saturated rings. The first-order valence-corrected chi connectivity index (χ1v) is 9.15. The van der Waals surface area contributed by atoms with E-state index in [1.807, 2.05) is 62.4 Å². The Kier molecular flexibility index (Phi) is 4.89. The van der Waals surface area contributed by atoms with Gasteiger partial charge in [0, 0.05) is 10.9 Å². The Bertz CT molecular complexity index is 1110. The molecule has 4 aromatic rings. The van der Waals surface area contributed by atoms with Crippen LogP contribution in [0, 0.1) is 5.82 Å². The summed E-state index contributed by atoms with van der Waals surface area (Å²) in [6, 6.07) is 21.9. The van der Waals surface area contributed by atoms with Crippen molar-refractivity contribution in [2.45, 2.75) is 20.0 Å². The second-order valence-electron chi connectivity index (χ2n) is 6.71. The summed E-state index contributed by atoms with van der Waals surface area (Å²) >= 11 is 0. The number of anilines is 2. The van der Waals surface area contributed by atoms with E-state index in [2.05, 4.69) is 15.3 Å². The van der Waals surface area contributed by atoms with Gasteiger partial charge in [-0.05, 0) is 62.4 Å². The van der Waals surface area contributed by atoms with Gasteiger partial charge in [-0.15, -0.1) is 0 Å². The highest BCUT2D eigenvalue weighted by Crippen LogP contribution is 2.29. The average molecular weight is 373 g/mol. The van der Waals surface area contributed by atoms with Gasteiger partial charge < -0.3 is 10.1 Å². The van der Waals surface area contributed by atoms with Crippen LogP contribution >= 0.6 is 0 Å². The number of hydrogen-bond acceptors (Lipinski definition) is 4. The number of nitrogens with one attached hydrogen (secondary N) is 1. The zero-order chi connectivity index (χ0) is 19.5. The molecule has 0 aliphatic carbocycles. The van der Waals surface area contributed by atoms with E-state index < -0.39 is 0 Å². The molecule has 0 atom stereocenters. The smallest absolute Gasteiger partial charge is 0.162 e. The molecule has 0 spiro atoms. The van der Waals surface area contributed by atoms with Gasteiger partial charge in [0.25, 0.3) is 0 Å². The molecule has 0 aliphatic rings. The van der Waals surface area contributed by atoms with E-state index in [-0.39, 0.29) is 11.9 Å². The zero-order valence-electron chi connectivity index (χ0n) is 15.7. The Morgan fingerprint density at radius 1 is 0.857 bits per heavy atom. The molecule has 1 aromatic heterocycles. The van der Waals surface area contributed by atoms with Gasteiger partial charge in [-0.25, -0.2) is 14.4 Å². The van der Waals surface area contributed by atoms with Crippen LogP contribution in [0.15, 0.2) is 72.8 Å². The normalized spacial score (nSPS) is 11.0. The van der Waals surface area contributed by atoms with E-state index in [1.165, 1.54) is 6.07 Å². The SMILES string of the molecule is CC(C)Oc1ccc(-c2nc(Nc3ccccc3F)c3ccccc3n2)cc1. The number of benzene rings is 3. The quantitative estimate of drug-likeness (QED) is 0.468. The van der Waals surface area contributed by atoms with Crippen LogP contribution in [0.1, 0.15) is 13.8 Å². The summed E-state index contributed by atoms with van der Waals surface area (Å²) in [4.78, 5) is 9.34. The van der Waals surface area contributed by atoms with Gasteiger partial charge in [0.2, 0.25) is 0 Å². The highest BCUT2D eigenvalue weighted by atomic mass is 19.1. The van der Waals surface area contributed by atoms with Crippen molar-refractivity contribution in [3.63, 3.8) is 0 Å². The van der Waals surface area contributed by atoms with Gasteiger partial charge in [-0.1, -0.05) is 24.3 Å². The third kappa shape index (κ3) is 3.78. The average Bonchev–Trinajstić information content (AvgIpc) is 2.70. The Labute approximate surface area is 163 Å². The largest absolute Gasteiger partial charge is 0.491 e. The van der Waals surface area contributed by atoms with Crippen molar-refractivity contribution in [3.8, 4) is 17.1 Å². The lowest BCUT2D eigenvalue weighted by Gasteiger charge is -2.12. The van der Waals surface area contributed by atoms with E-state index in [1.54, 1.807) is 18.2 Å². The Balaban J connectivity index is 1.77. The lowest BCUT2D eigenvalue weighted by molar-refractivity contribution is 0.242. The minimum Gasteiger partial charge on any atom is -0.491 e. The number of fused-ring (bicyclic) bond motifs is 1. The monoisotopic (exact) mass is 373 g/mol. The van der Waals surface area contributed by atoms with E-state index in [0.29, 0.717) is 17.3 Å². The second-order valence-corrected chi connectivity index (χ2v) is 6.71. The highest BCUT2D eigenvalue weighted by Gasteiger charge is 2.11. The molecule has 0 unspecified atom stereocenters. The van der Waals surface area contributed by atoms with Crippen molar-refractivity contribution >= 4 is 22.4 Å². The summed E-state index contributed by atoms with van der Waals surface area (Å²) in [5.41, 5.74) is 2.02. The fourth-order valence-corrected chi connectivity index (χ4v) is 2.95. The first-order chi connectivity index (χ1) is 13.6. The number of halogens is 1. The van der Waals surface area contributed by atoms with E-state index in [0.717, 1.165) is 22.2 Å². The maximum atomic E-state index is 14.1. The Morgan fingerprint density at radius 3 is 2.32 bits per heavy atom. The molecule has 4 rings (SSSR count). The molecule has 0 amide bonds. The topological polar surface area (TPSA) is 47.0 Å². The van der Waals surface area contributed by atoms with Crippen molar-refractivity contribution in [2.24, 2.45) is 0 Å². The van der Waals surface area contributed by atoms with E-state index in [9.17, 15) is 4.39 Å². The van der Waals surface area contributed by atoms with Crippen LogP contribution in [0.4, 0.5) is 15.9 Å². The van der Waals surface area contributed by atoms with Crippen molar-refractivity contribution in [1.29, 1.82) is 0 Å². The summed E-state index contributed by atoms with van der Waals surface area (Å²) in [6.45, 7) is 3.97. The van der Waals surface area contributed by atoms with Gasteiger partial charge in [0.15, 0.2) is 5.82 Å². The van der Waals surface area contributed by atoms with Gasteiger partial charge in [-0.2, -0.15) is 0 Å². The summed E-state index contributed by atoms with van der Waals surface area (Å²) < 4.78 is 19.8. The zero-order valence-corrected chi connectivity index (χ0v) is 15.7. The van der Waals surface area contributed by atoms with Crippen LogP contribution in [0.25, 0.3) is 22.3 Å². The molecule has 0 saturated heterocycles.